The second-order valence-corrected chi connectivity index (χ2v) is 4.36. The number of hydrogen-bond acceptors (Lipinski definition) is 2. The molecule has 0 aromatic heterocycles. The molecule has 0 aliphatic heterocycles. The number of halogens is 1. The maximum atomic E-state index is 9.33. The number of aliphatic hydroxyl groups is 1. The second-order valence-electron chi connectivity index (χ2n) is 2.83. The summed E-state index contributed by atoms with van der Waals surface area (Å²) in [6.07, 6.45) is 0.581. The molecule has 0 saturated heterocycles. The van der Waals surface area contributed by atoms with Crippen LogP contribution < -0.4 is 0 Å². The number of thioether (sulfide) groups is 1. The van der Waals surface area contributed by atoms with E-state index in [1.54, 1.807) is 11.8 Å². The molecule has 1 rings (SSSR count). The molecular formula is C10H13ClOS. The Balaban J connectivity index is 2.45. The van der Waals surface area contributed by atoms with Crippen molar-refractivity contribution in [1.82, 2.24) is 0 Å². The second kappa shape index (κ2) is 5.53. The number of aliphatic hydroxyl groups excluding tert-OH is 1. The molecule has 0 heterocycles. The topological polar surface area (TPSA) is 20.2 Å². The summed E-state index contributed by atoms with van der Waals surface area (Å²) in [6, 6.07) is 7.68. The van der Waals surface area contributed by atoms with E-state index in [1.165, 1.54) is 0 Å². The Bertz CT molecular complexity index is 265. The standard InChI is InChI=1S/C10H13ClOS/c1-2-9(12)7-13-10-5-3-4-8(11)6-10/h3-6,9,12H,2,7H2,1H3. The Morgan fingerprint density at radius 1 is 1.54 bits per heavy atom. The lowest BCUT2D eigenvalue weighted by Gasteiger charge is -2.06. The summed E-state index contributed by atoms with van der Waals surface area (Å²) in [5, 5.41) is 10.1. The molecular weight excluding hydrogens is 204 g/mol. The Labute approximate surface area is 88.1 Å². The number of rotatable bonds is 4. The van der Waals surface area contributed by atoms with E-state index in [2.05, 4.69) is 0 Å². The molecule has 1 atom stereocenters. The lowest BCUT2D eigenvalue weighted by molar-refractivity contribution is 0.195. The predicted molar refractivity (Wildman–Crippen MR) is 58.5 cm³/mol. The van der Waals surface area contributed by atoms with Crippen LogP contribution in [0.15, 0.2) is 29.2 Å². The van der Waals surface area contributed by atoms with E-state index < -0.39 is 0 Å². The molecule has 0 spiro atoms. The van der Waals surface area contributed by atoms with Crippen molar-refractivity contribution in [2.75, 3.05) is 5.75 Å². The van der Waals surface area contributed by atoms with Gasteiger partial charge in [-0.3, -0.25) is 0 Å². The van der Waals surface area contributed by atoms with E-state index in [1.807, 2.05) is 31.2 Å². The highest BCUT2D eigenvalue weighted by Gasteiger charge is 2.01. The number of hydrogen-bond donors (Lipinski definition) is 1. The number of benzene rings is 1. The van der Waals surface area contributed by atoms with Gasteiger partial charge in [0.2, 0.25) is 0 Å². The Morgan fingerprint density at radius 2 is 2.31 bits per heavy atom. The van der Waals surface area contributed by atoms with Crippen molar-refractivity contribution >= 4 is 23.4 Å². The fraction of sp³-hybridized carbons (Fsp3) is 0.400. The SMILES string of the molecule is CCC(O)CSc1cccc(Cl)c1. The molecule has 0 saturated carbocycles. The van der Waals surface area contributed by atoms with Gasteiger partial charge in [0.1, 0.15) is 0 Å². The van der Waals surface area contributed by atoms with Crippen LogP contribution in [-0.4, -0.2) is 17.0 Å². The summed E-state index contributed by atoms with van der Waals surface area (Å²) in [4.78, 5) is 1.11. The van der Waals surface area contributed by atoms with Crippen LogP contribution in [0.3, 0.4) is 0 Å². The van der Waals surface area contributed by atoms with Gasteiger partial charge >= 0.3 is 0 Å². The Hall–Kier alpha value is -0.180. The first-order valence-electron chi connectivity index (χ1n) is 4.28. The first-order valence-corrected chi connectivity index (χ1v) is 5.65. The van der Waals surface area contributed by atoms with Crippen molar-refractivity contribution in [3.05, 3.63) is 29.3 Å². The van der Waals surface area contributed by atoms with Gasteiger partial charge in [-0.05, 0) is 24.6 Å². The lowest BCUT2D eigenvalue weighted by atomic mass is 10.3. The third-order valence-corrected chi connectivity index (χ3v) is 3.08. The molecule has 0 amide bonds. The average Bonchev–Trinajstić information content (AvgIpc) is 2.14. The average molecular weight is 217 g/mol. The summed E-state index contributed by atoms with van der Waals surface area (Å²) in [6.45, 7) is 1.98. The summed E-state index contributed by atoms with van der Waals surface area (Å²) in [5.74, 6) is 0.733. The fourth-order valence-electron chi connectivity index (χ4n) is 0.867. The summed E-state index contributed by atoms with van der Waals surface area (Å²) in [7, 11) is 0. The molecule has 1 aromatic carbocycles. The molecule has 1 unspecified atom stereocenters. The van der Waals surface area contributed by atoms with Crippen LogP contribution in [0.25, 0.3) is 0 Å². The molecule has 3 heteroatoms. The van der Waals surface area contributed by atoms with Crippen LogP contribution in [0.5, 0.6) is 0 Å². The van der Waals surface area contributed by atoms with Crippen LogP contribution >= 0.6 is 23.4 Å². The molecule has 0 aliphatic rings. The molecule has 1 N–H and O–H groups in total. The van der Waals surface area contributed by atoms with E-state index >= 15 is 0 Å². The molecule has 0 fully saturated rings. The van der Waals surface area contributed by atoms with E-state index in [0.29, 0.717) is 0 Å². The van der Waals surface area contributed by atoms with Crippen molar-refractivity contribution in [2.45, 2.75) is 24.3 Å². The summed E-state index contributed by atoms with van der Waals surface area (Å²) in [5.41, 5.74) is 0. The molecule has 0 bridgehead atoms. The van der Waals surface area contributed by atoms with E-state index in [4.69, 9.17) is 11.6 Å². The van der Waals surface area contributed by atoms with Crippen molar-refractivity contribution in [3.63, 3.8) is 0 Å². The van der Waals surface area contributed by atoms with E-state index in [9.17, 15) is 5.11 Å². The van der Waals surface area contributed by atoms with Gasteiger partial charge in [0.15, 0.2) is 0 Å². The van der Waals surface area contributed by atoms with Gasteiger partial charge in [-0.1, -0.05) is 24.6 Å². The smallest absolute Gasteiger partial charge is 0.0631 e. The fourth-order valence-corrected chi connectivity index (χ4v) is 2.13. The molecule has 1 nitrogen and oxygen atoms in total. The van der Waals surface area contributed by atoms with Crippen molar-refractivity contribution in [3.8, 4) is 0 Å². The highest BCUT2D eigenvalue weighted by molar-refractivity contribution is 7.99. The third-order valence-electron chi connectivity index (χ3n) is 1.71. The Morgan fingerprint density at radius 3 is 2.92 bits per heavy atom. The molecule has 1 aromatic rings. The zero-order valence-corrected chi connectivity index (χ0v) is 9.11. The minimum Gasteiger partial charge on any atom is -0.392 e. The van der Waals surface area contributed by atoms with Crippen LogP contribution in [0, 0.1) is 0 Å². The molecule has 0 aliphatic carbocycles. The maximum Gasteiger partial charge on any atom is 0.0631 e. The van der Waals surface area contributed by atoms with Gasteiger partial charge in [0, 0.05) is 15.7 Å². The zero-order chi connectivity index (χ0) is 9.68. The van der Waals surface area contributed by atoms with Gasteiger partial charge in [-0.2, -0.15) is 0 Å². The lowest BCUT2D eigenvalue weighted by Crippen LogP contribution is -2.06. The van der Waals surface area contributed by atoms with Crippen LogP contribution in [0.1, 0.15) is 13.3 Å². The maximum absolute atomic E-state index is 9.33. The highest BCUT2D eigenvalue weighted by Crippen LogP contribution is 2.22. The van der Waals surface area contributed by atoms with Crippen molar-refractivity contribution < 1.29 is 5.11 Å². The Kier molecular flexibility index (Phi) is 4.64. The third kappa shape index (κ3) is 4.03. The minimum absolute atomic E-state index is 0.219. The van der Waals surface area contributed by atoms with Gasteiger partial charge in [-0.15, -0.1) is 11.8 Å². The first-order chi connectivity index (χ1) is 6.22. The minimum atomic E-state index is -0.219. The van der Waals surface area contributed by atoms with Crippen LogP contribution in [-0.2, 0) is 0 Å². The van der Waals surface area contributed by atoms with Crippen molar-refractivity contribution in [2.24, 2.45) is 0 Å². The molecule has 0 radical (unpaired) electrons. The van der Waals surface area contributed by atoms with Crippen LogP contribution in [0.4, 0.5) is 0 Å². The van der Waals surface area contributed by atoms with Crippen molar-refractivity contribution in [1.29, 1.82) is 0 Å². The van der Waals surface area contributed by atoms with Gasteiger partial charge < -0.3 is 5.11 Å². The van der Waals surface area contributed by atoms with Crippen LogP contribution in [0.2, 0.25) is 5.02 Å². The largest absolute Gasteiger partial charge is 0.392 e. The van der Waals surface area contributed by atoms with Gasteiger partial charge in [0.25, 0.3) is 0 Å². The summed E-state index contributed by atoms with van der Waals surface area (Å²) < 4.78 is 0. The van der Waals surface area contributed by atoms with Gasteiger partial charge in [-0.25, -0.2) is 0 Å². The van der Waals surface area contributed by atoms with Gasteiger partial charge in [0.05, 0.1) is 6.10 Å². The summed E-state index contributed by atoms with van der Waals surface area (Å²) >= 11 is 7.45. The molecule has 72 valence electrons. The highest BCUT2D eigenvalue weighted by atomic mass is 35.5. The zero-order valence-electron chi connectivity index (χ0n) is 7.53. The monoisotopic (exact) mass is 216 g/mol. The normalized spacial score (nSPS) is 12.8. The van der Waals surface area contributed by atoms with E-state index in [0.717, 1.165) is 22.1 Å². The predicted octanol–water partition coefficient (Wildman–Crippen LogP) is 3.20. The quantitative estimate of drug-likeness (QED) is 0.781. The molecule has 13 heavy (non-hydrogen) atoms. The van der Waals surface area contributed by atoms with E-state index in [-0.39, 0.29) is 6.10 Å². The first kappa shape index (κ1) is 10.9.